The summed E-state index contributed by atoms with van der Waals surface area (Å²) >= 11 is 0. The molecule has 0 bridgehead atoms. The van der Waals surface area contributed by atoms with E-state index in [0.29, 0.717) is 0 Å². The standard InChI is InChI=1S/C19H25N/c1-14-6-8-16(9-7-14)19(5,20)17-12-10-15(11-13-17)18(2,3)4/h6-13H,20H2,1-5H3. The molecule has 2 rings (SSSR count). The van der Waals surface area contributed by atoms with Crippen molar-refractivity contribution in [3.05, 3.63) is 70.8 Å². The van der Waals surface area contributed by atoms with Crippen molar-refractivity contribution in [2.24, 2.45) is 5.73 Å². The Morgan fingerprint density at radius 3 is 1.40 bits per heavy atom. The molecule has 20 heavy (non-hydrogen) atoms. The Morgan fingerprint density at radius 2 is 1.00 bits per heavy atom. The SMILES string of the molecule is Cc1ccc(C(C)(N)c2ccc(C(C)(C)C)cc2)cc1. The van der Waals surface area contributed by atoms with Gasteiger partial charge < -0.3 is 5.73 Å². The summed E-state index contributed by atoms with van der Waals surface area (Å²) in [5, 5.41) is 0. The Morgan fingerprint density at radius 1 is 0.650 bits per heavy atom. The van der Waals surface area contributed by atoms with E-state index in [0.717, 1.165) is 11.1 Å². The molecule has 1 unspecified atom stereocenters. The minimum absolute atomic E-state index is 0.174. The van der Waals surface area contributed by atoms with E-state index < -0.39 is 5.54 Å². The lowest BCUT2D eigenvalue weighted by atomic mass is 9.82. The van der Waals surface area contributed by atoms with Gasteiger partial charge in [-0.3, -0.25) is 0 Å². The van der Waals surface area contributed by atoms with Crippen molar-refractivity contribution >= 4 is 0 Å². The van der Waals surface area contributed by atoms with Gasteiger partial charge in [-0.2, -0.15) is 0 Å². The maximum absolute atomic E-state index is 6.57. The normalized spacial score (nSPS) is 14.9. The number of aryl methyl sites for hydroxylation is 1. The van der Waals surface area contributed by atoms with Crippen molar-refractivity contribution < 1.29 is 0 Å². The molecule has 0 aromatic heterocycles. The fraction of sp³-hybridized carbons (Fsp3) is 0.368. The first-order valence-corrected chi connectivity index (χ1v) is 7.18. The molecule has 0 aliphatic rings. The summed E-state index contributed by atoms with van der Waals surface area (Å²) in [5.41, 5.74) is 11.2. The van der Waals surface area contributed by atoms with E-state index in [2.05, 4.69) is 83.1 Å². The van der Waals surface area contributed by atoms with Gasteiger partial charge in [0.1, 0.15) is 0 Å². The first-order chi connectivity index (χ1) is 9.21. The highest BCUT2D eigenvalue weighted by Crippen LogP contribution is 2.29. The van der Waals surface area contributed by atoms with E-state index in [1.807, 2.05) is 0 Å². The van der Waals surface area contributed by atoms with Crippen molar-refractivity contribution in [2.45, 2.75) is 45.6 Å². The van der Waals surface area contributed by atoms with Gasteiger partial charge in [0.25, 0.3) is 0 Å². The van der Waals surface area contributed by atoms with E-state index in [1.54, 1.807) is 0 Å². The van der Waals surface area contributed by atoms with Crippen LogP contribution in [0.3, 0.4) is 0 Å². The van der Waals surface area contributed by atoms with Gasteiger partial charge in [0.05, 0.1) is 5.54 Å². The highest BCUT2D eigenvalue weighted by molar-refractivity contribution is 5.40. The van der Waals surface area contributed by atoms with Crippen LogP contribution < -0.4 is 5.73 Å². The second-order valence-electron chi connectivity index (χ2n) is 6.90. The van der Waals surface area contributed by atoms with Crippen LogP contribution in [0, 0.1) is 6.92 Å². The van der Waals surface area contributed by atoms with Crippen LogP contribution in [0.5, 0.6) is 0 Å². The monoisotopic (exact) mass is 267 g/mol. The number of rotatable bonds is 2. The number of hydrogen-bond acceptors (Lipinski definition) is 1. The summed E-state index contributed by atoms with van der Waals surface area (Å²) < 4.78 is 0. The minimum Gasteiger partial charge on any atom is -0.318 e. The van der Waals surface area contributed by atoms with E-state index in [-0.39, 0.29) is 5.41 Å². The first-order valence-electron chi connectivity index (χ1n) is 7.18. The van der Waals surface area contributed by atoms with E-state index in [4.69, 9.17) is 5.73 Å². The Balaban J connectivity index is 2.37. The van der Waals surface area contributed by atoms with Crippen molar-refractivity contribution in [2.75, 3.05) is 0 Å². The van der Waals surface area contributed by atoms with Gasteiger partial charge in [-0.05, 0) is 36.0 Å². The molecule has 2 aromatic rings. The molecule has 1 heteroatoms. The molecule has 0 heterocycles. The van der Waals surface area contributed by atoms with Gasteiger partial charge in [0.15, 0.2) is 0 Å². The summed E-state index contributed by atoms with van der Waals surface area (Å²) in [6.45, 7) is 10.8. The summed E-state index contributed by atoms with van der Waals surface area (Å²) in [4.78, 5) is 0. The summed E-state index contributed by atoms with van der Waals surface area (Å²) in [7, 11) is 0. The molecule has 0 radical (unpaired) electrons. The molecular formula is C19H25N. The summed E-state index contributed by atoms with van der Waals surface area (Å²) in [6, 6.07) is 17.2. The lowest BCUT2D eigenvalue weighted by molar-refractivity contribution is 0.582. The van der Waals surface area contributed by atoms with Crippen LogP contribution in [0.15, 0.2) is 48.5 Å². The number of benzene rings is 2. The zero-order chi connectivity index (χ0) is 15.0. The summed E-state index contributed by atoms with van der Waals surface area (Å²) in [6.07, 6.45) is 0. The first kappa shape index (κ1) is 14.8. The highest BCUT2D eigenvalue weighted by Gasteiger charge is 2.24. The molecule has 2 aromatic carbocycles. The number of nitrogens with two attached hydrogens (primary N) is 1. The molecule has 0 fully saturated rings. The molecule has 1 nitrogen and oxygen atoms in total. The molecule has 0 aliphatic heterocycles. The lowest BCUT2D eigenvalue weighted by Gasteiger charge is -2.27. The van der Waals surface area contributed by atoms with Crippen molar-refractivity contribution in [3.8, 4) is 0 Å². The predicted molar refractivity (Wildman–Crippen MR) is 87.0 cm³/mol. The van der Waals surface area contributed by atoms with Crippen LogP contribution in [0.1, 0.15) is 49.9 Å². The van der Waals surface area contributed by atoms with Crippen LogP contribution in [0.25, 0.3) is 0 Å². The molecular weight excluding hydrogens is 242 g/mol. The van der Waals surface area contributed by atoms with Gasteiger partial charge >= 0.3 is 0 Å². The van der Waals surface area contributed by atoms with Crippen LogP contribution in [0.4, 0.5) is 0 Å². The van der Waals surface area contributed by atoms with E-state index in [9.17, 15) is 0 Å². The zero-order valence-electron chi connectivity index (χ0n) is 13.2. The molecule has 0 spiro atoms. The average molecular weight is 267 g/mol. The number of hydrogen-bond donors (Lipinski definition) is 1. The fourth-order valence-corrected chi connectivity index (χ4v) is 2.38. The molecule has 106 valence electrons. The molecule has 0 amide bonds. The molecule has 0 saturated heterocycles. The topological polar surface area (TPSA) is 26.0 Å². The third kappa shape index (κ3) is 2.94. The molecule has 2 N–H and O–H groups in total. The third-order valence-electron chi connectivity index (χ3n) is 4.00. The smallest absolute Gasteiger partial charge is 0.0636 e. The maximum Gasteiger partial charge on any atom is 0.0636 e. The fourth-order valence-electron chi connectivity index (χ4n) is 2.38. The largest absolute Gasteiger partial charge is 0.318 e. The lowest BCUT2D eigenvalue weighted by Crippen LogP contribution is -2.34. The second-order valence-corrected chi connectivity index (χ2v) is 6.90. The van der Waals surface area contributed by atoms with Crippen LogP contribution in [0.2, 0.25) is 0 Å². The van der Waals surface area contributed by atoms with Crippen LogP contribution in [-0.4, -0.2) is 0 Å². The van der Waals surface area contributed by atoms with Crippen molar-refractivity contribution in [1.29, 1.82) is 0 Å². The van der Waals surface area contributed by atoms with Gasteiger partial charge in [0, 0.05) is 0 Å². The van der Waals surface area contributed by atoms with Crippen LogP contribution >= 0.6 is 0 Å². The van der Waals surface area contributed by atoms with Gasteiger partial charge in [0.2, 0.25) is 0 Å². The molecule has 1 atom stereocenters. The Kier molecular flexibility index (Phi) is 3.75. The third-order valence-corrected chi connectivity index (χ3v) is 4.00. The van der Waals surface area contributed by atoms with Gasteiger partial charge in [-0.1, -0.05) is 74.9 Å². The summed E-state index contributed by atoms with van der Waals surface area (Å²) in [5.74, 6) is 0. The molecule has 0 saturated carbocycles. The average Bonchev–Trinajstić information content (AvgIpc) is 2.38. The van der Waals surface area contributed by atoms with E-state index in [1.165, 1.54) is 11.1 Å². The Labute approximate surface area is 122 Å². The molecule has 0 aliphatic carbocycles. The second kappa shape index (κ2) is 5.06. The predicted octanol–water partition coefficient (Wildman–Crippen LogP) is 4.51. The quantitative estimate of drug-likeness (QED) is 0.851. The van der Waals surface area contributed by atoms with E-state index >= 15 is 0 Å². The Bertz CT molecular complexity index is 569. The highest BCUT2D eigenvalue weighted by atomic mass is 14.7. The van der Waals surface area contributed by atoms with Gasteiger partial charge in [-0.15, -0.1) is 0 Å². The maximum atomic E-state index is 6.57. The zero-order valence-corrected chi connectivity index (χ0v) is 13.2. The van der Waals surface area contributed by atoms with Gasteiger partial charge in [-0.25, -0.2) is 0 Å². The Hall–Kier alpha value is -1.60. The van der Waals surface area contributed by atoms with Crippen molar-refractivity contribution in [1.82, 2.24) is 0 Å². The minimum atomic E-state index is -0.454. The van der Waals surface area contributed by atoms with Crippen molar-refractivity contribution in [3.63, 3.8) is 0 Å². The van der Waals surface area contributed by atoms with Crippen LogP contribution in [-0.2, 0) is 11.0 Å².